The van der Waals surface area contributed by atoms with Crippen molar-refractivity contribution in [1.82, 2.24) is 5.32 Å². The summed E-state index contributed by atoms with van der Waals surface area (Å²) in [5.41, 5.74) is 2.53. The van der Waals surface area contributed by atoms with E-state index in [0.29, 0.717) is 17.2 Å². The molecule has 8 heteroatoms. The molecule has 0 spiro atoms. The van der Waals surface area contributed by atoms with E-state index in [1.807, 2.05) is 62.4 Å². The second-order valence-corrected chi connectivity index (χ2v) is 9.91. The summed E-state index contributed by atoms with van der Waals surface area (Å²) in [7, 11) is -3.72. The van der Waals surface area contributed by atoms with Crippen LogP contribution in [0.3, 0.4) is 0 Å². The Hall–Kier alpha value is -3.52. The summed E-state index contributed by atoms with van der Waals surface area (Å²) in [6, 6.07) is 20.8. The first-order valence-electron chi connectivity index (χ1n) is 11.0. The first-order chi connectivity index (χ1) is 16.1. The summed E-state index contributed by atoms with van der Waals surface area (Å²) in [5, 5.41) is 2.76. The second-order valence-electron chi connectivity index (χ2n) is 8.05. The van der Waals surface area contributed by atoms with Crippen molar-refractivity contribution in [1.29, 1.82) is 0 Å². The minimum Gasteiger partial charge on any atom is -0.491 e. The average Bonchev–Trinajstić information content (AvgIpc) is 2.79. The van der Waals surface area contributed by atoms with Gasteiger partial charge in [0.1, 0.15) is 29.9 Å². The predicted octanol–water partition coefficient (Wildman–Crippen LogP) is 4.45. The number of ether oxygens (including phenoxy) is 2. The molecule has 34 heavy (non-hydrogen) atoms. The lowest BCUT2D eigenvalue weighted by Crippen LogP contribution is -2.48. The van der Waals surface area contributed by atoms with Crippen LogP contribution in [0.1, 0.15) is 18.1 Å². The van der Waals surface area contributed by atoms with Crippen LogP contribution in [0.5, 0.6) is 17.2 Å². The minimum absolute atomic E-state index is 0.248. The number of sulfonamides is 1. The number of nitrogens with zero attached hydrogens (tertiary/aromatic N) is 1. The highest BCUT2D eigenvalue weighted by Gasteiger charge is 2.29. The highest BCUT2D eigenvalue weighted by molar-refractivity contribution is 7.92. The Morgan fingerprint density at radius 1 is 0.971 bits per heavy atom. The van der Waals surface area contributed by atoms with Gasteiger partial charge in [-0.3, -0.25) is 9.10 Å². The monoisotopic (exact) mass is 482 g/mol. The molecule has 1 N–H and O–H groups in total. The third-order valence-electron chi connectivity index (χ3n) is 5.15. The molecule has 0 unspecified atom stereocenters. The Morgan fingerprint density at radius 2 is 1.62 bits per heavy atom. The number of anilines is 1. The van der Waals surface area contributed by atoms with Crippen molar-refractivity contribution >= 4 is 21.6 Å². The second kappa shape index (κ2) is 11.1. The molecule has 1 amide bonds. The molecule has 0 aliphatic carbocycles. The standard InChI is InChI=1S/C26H30N2O5S/c1-19-10-15-25(20(2)18-19)32-17-16-27-26(29)21(3)28(34(4,30)31)22-11-13-24(14-12-22)33-23-8-6-5-7-9-23/h5-15,18,21H,16-17H2,1-4H3,(H,27,29)/t21-/m1/s1. The van der Waals surface area contributed by atoms with Gasteiger partial charge in [0.15, 0.2) is 0 Å². The Kier molecular flexibility index (Phi) is 8.17. The fourth-order valence-corrected chi connectivity index (χ4v) is 4.71. The van der Waals surface area contributed by atoms with Crippen LogP contribution in [0.15, 0.2) is 72.8 Å². The smallest absolute Gasteiger partial charge is 0.243 e. The molecular formula is C26H30N2O5S. The van der Waals surface area contributed by atoms with E-state index in [2.05, 4.69) is 5.32 Å². The number of rotatable bonds is 10. The number of hydrogen-bond donors (Lipinski definition) is 1. The first kappa shape index (κ1) is 25.1. The van der Waals surface area contributed by atoms with Crippen LogP contribution < -0.4 is 19.1 Å². The normalized spacial score (nSPS) is 12.0. The maximum atomic E-state index is 12.7. The van der Waals surface area contributed by atoms with E-state index >= 15 is 0 Å². The third-order valence-corrected chi connectivity index (χ3v) is 6.39. The fraction of sp³-hybridized carbons (Fsp3) is 0.269. The van der Waals surface area contributed by atoms with Gasteiger partial charge in [0.25, 0.3) is 0 Å². The Balaban J connectivity index is 1.62. The van der Waals surface area contributed by atoms with E-state index in [1.54, 1.807) is 31.2 Å². The Morgan fingerprint density at radius 3 is 2.24 bits per heavy atom. The topological polar surface area (TPSA) is 84.9 Å². The summed E-state index contributed by atoms with van der Waals surface area (Å²) in [5.74, 6) is 1.57. The van der Waals surface area contributed by atoms with E-state index in [-0.39, 0.29) is 13.2 Å². The van der Waals surface area contributed by atoms with E-state index in [4.69, 9.17) is 9.47 Å². The van der Waals surface area contributed by atoms with E-state index in [0.717, 1.165) is 27.4 Å². The maximum absolute atomic E-state index is 12.7. The van der Waals surface area contributed by atoms with E-state index in [9.17, 15) is 13.2 Å². The largest absolute Gasteiger partial charge is 0.491 e. The third kappa shape index (κ3) is 6.74. The van der Waals surface area contributed by atoms with Crippen LogP contribution in [-0.2, 0) is 14.8 Å². The van der Waals surface area contributed by atoms with Crippen molar-refractivity contribution < 1.29 is 22.7 Å². The van der Waals surface area contributed by atoms with Gasteiger partial charge in [-0.2, -0.15) is 0 Å². The zero-order chi connectivity index (χ0) is 24.7. The van der Waals surface area contributed by atoms with Crippen molar-refractivity contribution in [2.24, 2.45) is 0 Å². The number of hydrogen-bond acceptors (Lipinski definition) is 5. The highest BCUT2D eigenvalue weighted by atomic mass is 32.2. The molecule has 0 heterocycles. The number of carbonyl (C=O) groups excluding carboxylic acids is 1. The summed E-state index contributed by atoms with van der Waals surface area (Å²) >= 11 is 0. The molecule has 0 aromatic heterocycles. The molecule has 0 saturated carbocycles. The van der Waals surface area contributed by atoms with Crippen LogP contribution in [-0.4, -0.2) is 39.8 Å². The molecular weight excluding hydrogens is 452 g/mol. The SMILES string of the molecule is Cc1ccc(OCCNC(=O)[C@@H](C)N(c2ccc(Oc3ccccc3)cc2)S(C)(=O)=O)c(C)c1. The van der Waals surface area contributed by atoms with Crippen LogP contribution in [0.25, 0.3) is 0 Å². The van der Waals surface area contributed by atoms with Gasteiger partial charge in [0.2, 0.25) is 15.9 Å². The zero-order valence-electron chi connectivity index (χ0n) is 19.8. The molecule has 180 valence electrons. The van der Waals surface area contributed by atoms with Gasteiger partial charge in [-0.15, -0.1) is 0 Å². The molecule has 3 aromatic carbocycles. The number of amides is 1. The van der Waals surface area contributed by atoms with Crippen molar-refractivity contribution in [2.75, 3.05) is 23.7 Å². The van der Waals surface area contributed by atoms with Crippen LogP contribution in [0, 0.1) is 13.8 Å². The molecule has 3 aromatic rings. The van der Waals surface area contributed by atoms with Crippen LogP contribution in [0.2, 0.25) is 0 Å². The molecule has 0 aliphatic heterocycles. The molecule has 3 rings (SSSR count). The summed E-state index contributed by atoms with van der Waals surface area (Å²) < 4.78 is 37.6. The minimum atomic E-state index is -3.72. The lowest BCUT2D eigenvalue weighted by molar-refractivity contribution is -0.121. The summed E-state index contributed by atoms with van der Waals surface area (Å²) in [6.07, 6.45) is 1.08. The molecule has 0 radical (unpaired) electrons. The van der Waals surface area contributed by atoms with Crippen molar-refractivity contribution in [3.05, 3.63) is 83.9 Å². The van der Waals surface area contributed by atoms with Crippen LogP contribution >= 0.6 is 0 Å². The summed E-state index contributed by atoms with van der Waals surface area (Å²) in [4.78, 5) is 12.7. The Bertz CT molecular complexity index is 1210. The highest BCUT2D eigenvalue weighted by Crippen LogP contribution is 2.27. The lowest BCUT2D eigenvalue weighted by Gasteiger charge is -2.28. The number of aryl methyl sites for hydroxylation is 2. The molecule has 1 atom stereocenters. The molecule has 0 aliphatic rings. The molecule has 7 nitrogen and oxygen atoms in total. The Labute approximate surface area is 201 Å². The molecule has 0 bridgehead atoms. The van der Waals surface area contributed by atoms with Crippen LogP contribution in [0.4, 0.5) is 5.69 Å². The zero-order valence-corrected chi connectivity index (χ0v) is 20.6. The van der Waals surface area contributed by atoms with E-state index < -0.39 is 22.0 Å². The van der Waals surface area contributed by atoms with E-state index in [1.165, 1.54) is 0 Å². The number of nitrogens with one attached hydrogen (secondary N) is 1. The molecule has 0 saturated heterocycles. The van der Waals surface area contributed by atoms with Gasteiger partial charge in [0, 0.05) is 0 Å². The maximum Gasteiger partial charge on any atom is 0.243 e. The first-order valence-corrected chi connectivity index (χ1v) is 12.8. The number of carbonyl (C=O) groups is 1. The predicted molar refractivity (Wildman–Crippen MR) is 134 cm³/mol. The van der Waals surface area contributed by atoms with Gasteiger partial charge >= 0.3 is 0 Å². The van der Waals surface area contributed by atoms with Gasteiger partial charge < -0.3 is 14.8 Å². The fourth-order valence-electron chi connectivity index (χ4n) is 3.54. The van der Waals surface area contributed by atoms with Gasteiger partial charge in [-0.05, 0) is 68.8 Å². The van der Waals surface area contributed by atoms with Crippen molar-refractivity contribution in [3.8, 4) is 17.2 Å². The molecule has 0 fully saturated rings. The van der Waals surface area contributed by atoms with Gasteiger partial charge in [-0.25, -0.2) is 8.42 Å². The van der Waals surface area contributed by atoms with Crippen molar-refractivity contribution in [2.45, 2.75) is 26.8 Å². The lowest BCUT2D eigenvalue weighted by atomic mass is 10.1. The van der Waals surface area contributed by atoms with Gasteiger partial charge in [-0.1, -0.05) is 35.9 Å². The average molecular weight is 483 g/mol. The van der Waals surface area contributed by atoms with Crippen molar-refractivity contribution in [3.63, 3.8) is 0 Å². The van der Waals surface area contributed by atoms with Gasteiger partial charge in [0.05, 0.1) is 18.5 Å². The number of para-hydroxylation sites is 1. The number of benzene rings is 3. The quantitative estimate of drug-likeness (QED) is 0.432. The summed E-state index contributed by atoms with van der Waals surface area (Å²) in [6.45, 7) is 6.04.